The highest BCUT2D eigenvalue weighted by atomic mass is 16.3. The first kappa shape index (κ1) is 12.8. The third-order valence-electron chi connectivity index (χ3n) is 4.58. The second kappa shape index (κ2) is 5.36. The number of nitrogens with one attached hydrogen (secondary N) is 1. The maximum atomic E-state index is 12.2. The molecular weight excluding hydrogens is 216 g/mol. The third-order valence-corrected chi connectivity index (χ3v) is 4.58. The van der Waals surface area contributed by atoms with Gasteiger partial charge in [-0.25, -0.2) is 0 Å². The van der Waals surface area contributed by atoms with Gasteiger partial charge in [0, 0.05) is 19.0 Å². The fourth-order valence-electron chi connectivity index (χ4n) is 3.24. The highest BCUT2D eigenvalue weighted by Gasteiger charge is 2.40. The van der Waals surface area contributed by atoms with Gasteiger partial charge in [-0.3, -0.25) is 4.79 Å². The zero-order valence-electron chi connectivity index (χ0n) is 10.5. The number of aliphatic hydroxyl groups excluding tert-OH is 1. The largest absolute Gasteiger partial charge is 0.393 e. The van der Waals surface area contributed by atoms with Crippen molar-refractivity contribution in [1.29, 1.82) is 0 Å². The highest BCUT2D eigenvalue weighted by molar-refractivity contribution is 5.83. The first-order chi connectivity index (χ1) is 8.18. The number of carbonyl (C=O) groups is 1. The van der Waals surface area contributed by atoms with Gasteiger partial charge in [-0.2, -0.15) is 0 Å². The molecule has 2 rings (SSSR count). The molecule has 2 atom stereocenters. The van der Waals surface area contributed by atoms with Gasteiger partial charge in [0.25, 0.3) is 0 Å². The molecule has 1 amide bonds. The van der Waals surface area contributed by atoms with Gasteiger partial charge >= 0.3 is 0 Å². The lowest BCUT2D eigenvalue weighted by atomic mass is 9.85. The second-order valence-electron chi connectivity index (χ2n) is 5.66. The van der Waals surface area contributed by atoms with Crippen LogP contribution < -0.4 is 11.1 Å². The zero-order chi connectivity index (χ0) is 12.3. The molecule has 0 heterocycles. The van der Waals surface area contributed by atoms with Crippen molar-refractivity contribution in [2.45, 2.75) is 51.0 Å². The predicted octanol–water partition coefficient (Wildman–Crippen LogP) is 0.783. The Morgan fingerprint density at radius 2 is 2.00 bits per heavy atom. The molecule has 2 fully saturated rings. The zero-order valence-corrected chi connectivity index (χ0v) is 10.5. The second-order valence-corrected chi connectivity index (χ2v) is 5.66. The molecule has 0 aromatic carbocycles. The summed E-state index contributed by atoms with van der Waals surface area (Å²) in [6.07, 6.45) is 6.80. The average molecular weight is 240 g/mol. The molecule has 2 aliphatic rings. The topological polar surface area (TPSA) is 75.4 Å². The molecule has 98 valence electrons. The smallest absolute Gasteiger partial charge is 0.227 e. The van der Waals surface area contributed by atoms with Crippen LogP contribution in [0.25, 0.3) is 0 Å². The van der Waals surface area contributed by atoms with Crippen molar-refractivity contribution in [3.63, 3.8) is 0 Å². The van der Waals surface area contributed by atoms with Crippen molar-refractivity contribution in [1.82, 2.24) is 5.32 Å². The van der Waals surface area contributed by atoms with Gasteiger partial charge in [0.05, 0.1) is 11.5 Å². The van der Waals surface area contributed by atoms with Gasteiger partial charge in [-0.05, 0) is 25.7 Å². The van der Waals surface area contributed by atoms with Crippen LogP contribution in [0.5, 0.6) is 0 Å². The van der Waals surface area contributed by atoms with Gasteiger partial charge in [0.1, 0.15) is 0 Å². The molecule has 0 aromatic heterocycles. The van der Waals surface area contributed by atoms with Gasteiger partial charge in [-0.1, -0.05) is 19.3 Å². The summed E-state index contributed by atoms with van der Waals surface area (Å²) in [5, 5.41) is 12.7. The Morgan fingerprint density at radius 1 is 1.29 bits per heavy atom. The van der Waals surface area contributed by atoms with Crippen molar-refractivity contribution in [3.05, 3.63) is 0 Å². The molecule has 17 heavy (non-hydrogen) atoms. The summed E-state index contributed by atoms with van der Waals surface area (Å²) < 4.78 is 0. The number of rotatable bonds is 4. The number of amides is 1. The lowest BCUT2D eigenvalue weighted by Crippen LogP contribution is -2.46. The third kappa shape index (κ3) is 2.63. The molecule has 2 aliphatic carbocycles. The fourth-order valence-corrected chi connectivity index (χ4v) is 3.24. The molecule has 2 unspecified atom stereocenters. The van der Waals surface area contributed by atoms with E-state index in [0.29, 0.717) is 13.1 Å². The number of hydrogen-bond donors (Lipinski definition) is 3. The molecule has 2 saturated carbocycles. The van der Waals surface area contributed by atoms with Crippen molar-refractivity contribution >= 4 is 5.91 Å². The van der Waals surface area contributed by atoms with Crippen molar-refractivity contribution in [3.8, 4) is 0 Å². The van der Waals surface area contributed by atoms with E-state index >= 15 is 0 Å². The summed E-state index contributed by atoms with van der Waals surface area (Å²) in [5.74, 6) is 0.353. The number of hydrogen-bond acceptors (Lipinski definition) is 3. The van der Waals surface area contributed by atoms with E-state index in [1.807, 2.05) is 0 Å². The summed E-state index contributed by atoms with van der Waals surface area (Å²) in [4.78, 5) is 12.2. The van der Waals surface area contributed by atoms with E-state index in [4.69, 9.17) is 5.73 Å². The Kier molecular flexibility index (Phi) is 4.05. The van der Waals surface area contributed by atoms with Crippen molar-refractivity contribution in [2.24, 2.45) is 17.1 Å². The van der Waals surface area contributed by atoms with Crippen LogP contribution in [0.1, 0.15) is 44.9 Å². The predicted molar refractivity (Wildman–Crippen MR) is 66.3 cm³/mol. The first-order valence-corrected chi connectivity index (χ1v) is 6.84. The lowest BCUT2D eigenvalue weighted by molar-refractivity contribution is -0.130. The monoisotopic (exact) mass is 240 g/mol. The van der Waals surface area contributed by atoms with E-state index in [1.165, 1.54) is 0 Å². The summed E-state index contributed by atoms with van der Waals surface area (Å²) in [6, 6.07) is 0. The molecule has 0 saturated heterocycles. The molecule has 0 spiro atoms. The van der Waals surface area contributed by atoms with E-state index in [0.717, 1.165) is 44.9 Å². The highest BCUT2D eigenvalue weighted by Crippen LogP contribution is 2.37. The van der Waals surface area contributed by atoms with Crippen molar-refractivity contribution in [2.75, 3.05) is 13.1 Å². The summed E-state index contributed by atoms with van der Waals surface area (Å²) in [6.45, 7) is 1.06. The molecule has 0 aliphatic heterocycles. The van der Waals surface area contributed by atoms with E-state index in [-0.39, 0.29) is 23.3 Å². The SMILES string of the molecule is NCC1(C(=O)NCC2CCCC2O)CCCC1. The minimum absolute atomic E-state index is 0.108. The van der Waals surface area contributed by atoms with Crippen LogP contribution in [0.3, 0.4) is 0 Å². The standard InChI is InChI=1S/C13H24N2O2/c14-9-13(6-1-2-7-13)12(17)15-8-10-4-3-5-11(10)16/h10-11,16H,1-9,14H2,(H,15,17). The average Bonchev–Trinajstić information content (AvgIpc) is 2.95. The molecular formula is C13H24N2O2. The van der Waals surface area contributed by atoms with Crippen LogP contribution in [0.15, 0.2) is 0 Å². The quantitative estimate of drug-likeness (QED) is 0.680. The van der Waals surface area contributed by atoms with E-state index in [9.17, 15) is 9.90 Å². The maximum Gasteiger partial charge on any atom is 0.227 e. The minimum Gasteiger partial charge on any atom is -0.393 e. The fraction of sp³-hybridized carbons (Fsp3) is 0.923. The van der Waals surface area contributed by atoms with Crippen LogP contribution in [0.2, 0.25) is 0 Å². The Bertz CT molecular complexity index is 275. The summed E-state index contributed by atoms with van der Waals surface area (Å²) >= 11 is 0. The summed E-state index contributed by atoms with van der Waals surface area (Å²) in [7, 11) is 0. The van der Waals surface area contributed by atoms with Crippen molar-refractivity contribution < 1.29 is 9.90 Å². The number of nitrogens with two attached hydrogens (primary N) is 1. The molecule has 4 heteroatoms. The number of aliphatic hydroxyl groups is 1. The van der Waals surface area contributed by atoms with Gasteiger partial charge in [-0.15, -0.1) is 0 Å². The Morgan fingerprint density at radius 3 is 2.53 bits per heavy atom. The van der Waals surface area contributed by atoms with E-state index in [2.05, 4.69) is 5.32 Å². The molecule has 4 nitrogen and oxygen atoms in total. The normalized spacial score (nSPS) is 31.6. The Labute approximate surface area is 103 Å². The Hall–Kier alpha value is -0.610. The van der Waals surface area contributed by atoms with Gasteiger partial charge < -0.3 is 16.2 Å². The van der Waals surface area contributed by atoms with Crippen LogP contribution in [0, 0.1) is 11.3 Å². The first-order valence-electron chi connectivity index (χ1n) is 6.84. The Balaban J connectivity index is 1.84. The minimum atomic E-state index is -0.316. The molecule has 0 aromatic rings. The number of carbonyl (C=O) groups excluding carboxylic acids is 1. The van der Waals surface area contributed by atoms with Gasteiger partial charge in [0.15, 0.2) is 0 Å². The van der Waals surface area contributed by atoms with Crippen LogP contribution in [0.4, 0.5) is 0 Å². The van der Waals surface area contributed by atoms with Crippen LogP contribution in [-0.4, -0.2) is 30.2 Å². The van der Waals surface area contributed by atoms with Crippen LogP contribution in [-0.2, 0) is 4.79 Å². The van der Waals surface area contributed by atoms with E-state index in [1.54, 1.807) is 0 Å². The lowest BCUT2D eigenvalue weighted by Gasteiger charge is -2.27. The molecule has 4 N–H and O–H groups in total. The molecule has 0 radical (unpaired) electrons. The van der Waals surface area contributed by atoms with E-state index < -0.39 is 0 Å². The maximum absolute atomic E-state index is 12.2. The summed E-state index contributed by atoms with van der Waals surface area (Å²) in [5.41, 5.74) is 5.45. The van der Waals surface area contributed by atoms with Gasteiger partial charge in [0.2, 0.25) is 5.91 Å². The molecule has 0 bridgehead atoms. The van der Waals surface area contributed by atoms with Crippen LogP contribution >= 0.6 is 0 Å².